The molecule has 1 saturated carbocycles. The Labute approximate surface area is 90.3 Å². The van der Waals surface area contributed by atoms with Crippen LogP contribution in [0, 0.1) is 19.8 Å². The van der Waals surface area contributed by atoms with Crippen molar-refractivity contribution in [3.63, 3.8) is 0 Å². The summed E-state index contributed by atoms with van der Waals surface area (Å²) in [5.41, 5.74) is 7.71. The fraction of sp³-hybridized carbons (Fsp3) is 0.636. The molecular formula is C11H18N4. The van der Waals surface area contributed by atoms with Crippen molar-refractivity contribution in [2.45, 2.75) is 32.7 Å². The standard InChI is InChI=1S/C11H18N4/c1-7-8(2)15-11(6-13-7)14-5-9-3-10(12)4-9/h6,9-10H,3-5,12H2,1-2H3,(H,14,15). The van der Waals surface area contributed by atoms with Gasteiger partial charge in [0.2, 0.25) is 0 Å². The number of anilines is 1. The third-order valence-electron chi connectivity index (χ3n) is 3.04. The van der Waals surface area contributed by atoms with Gasteiger partial charge in [0.1, 0.15) is 5.82 Å². The van der Waals surface area contributed by atoms with E-state index in [9.17, 15) is 0 Å². The summed E-state index contributed by atoms with van der Waals surface area (Å²) in [4.78, 5) is 8.68. The van der Waals surface area contributed by atoms with Crippen molar-refractivity contribution in [3.8, 4) is 0 Å². The fourth-order valence-corrected chi connectivity index (χ4v) is 1.83. The second-order valence-corrected chi connectivity index (χ2v) is 4.40. The van der Waals surface area contributed by atoms with E-state index in [2.05, 4.69) is 15.3 Å². The molecule has 82 valence electrons. The zero-order chi connectivity index (χ0) is 10.8. The Hall–Kier alpha value is -1.16. The molecule has 3 N–H and O–H groups in total. The molecule has 1 aromatic rings. The highest BCUT2D eigenvalue weighted by atomic mass is 15.0. The fourth-order valence-electron chi connectivity index (χ4n) is 1.83. The minimum absolute atomic E-state index is 0.419. The van der Waals surface area contributed by atoms with Crippen LogP contribution in [-0.4, -0.2) is 22.6 Å². The van der Waals surface area contributed by atoms with Gasteiger partial charge in [0.25, 0.3) is 0 Å². The Morgan fingerprint density at radius 1 is 1.40 bits per heavy atom. The molecular weight excluding hydrogens is 188 g/mol. The summed E-state index contributed by atoms with van der Waals surface area (Å²) in [5.74, 6) is 1.59. The van der Waals surface area contributed by atoms with E-state index in [1.54, 1.807) is 6.20 Å². The maximum atomic E-state index is 5.73. The Bertz CT molecular complexity index is 344. The summed E-state index contributed by atoms with van der Waals surface area (Å²) < 4.78 is 0. The molecule has 15 heavy (non-hydrogen) atoms. The summed E-state index contributed by atoms with van der Waals surface area (Å²) in [6, 6.07) is 0.419. The van der Waals surface area contributed by atoms with Crippen LogP contribution < -0.4 is 11.1 Å². The first kappa shape index (κ1) is 10.4. The minimum Gasteiger partial charge on any atom is -0.369 e. The van der Waals surface area contributed by atoms with Crippen LogP contribution in [0.4, 0.5) is 5.82 Å². The highest BCUT2D eigenvalue weighted by Crippen LogP contribution is 2.25. The molecule has 4 nitrogen and oxygen atoms in total. The van der Waals surface area contributed by atoms with E-state index in [0.29, 0.717) is 12.0 Å². The van der Waals surface area contributed by atoms with E-state index in [1.807, 2.05) is 13.8 Å². The molecule has 0 amide bonds. The molecule has 1 fully saturated rings. The van der Waals surface area contributed by atoms with Crippen molar-refractivity contribution in [2.24, 2.45) is 11.7 Å². The van der Waals surface area contributed by atoms with Gasteiger partial charge in [-0.05, 0) is 32.6 Å². The van der Waals surface area contributed by atoms with Gasteiger partial charge in [-0.3, -0.25) is 4.98 Å². The van der Waals surface area contributed by atoms with Crippen LogP contribution in [0.3, 0.4) is 0 Å². The van der Waals surface area contributed by atoms with E-state index < -0.39 is 0 Å². The van der Waals surface area contributed by atoms with E-state index in [0.717, 1.165) is 36.6 Å². The van der Waals surface area contributed by atoms with E-state index in [4.69, 9.17) is 5.73 Å². The van der Waals surface area contributed by atoms with Crippen LogP contribution in [0.5, 0.6) is 0 Å². The monoisotopic (exact) mass is 206 g/mol. The number of rotatable bonds is 3. The number of hydrogen-bond donors (Lipinski definition) is 2. The zero-order valence-corrected chi connectivity index (χ0v) is 9.33. The van der Waals surface area contributed by atoms with Crippen LogP contribution in [0.15, 0.2) is 6.20 Å². The summed E-state index contributed by atoms with van der Waals surface area (Å²) >= 11 is 0. The zero-order valence-electron chi connectivity index (χ0n) is 9.33. The van der Waals surface area contributed by atoms with Crippen LogP contribution in [0.1, 0.15) is 24.2 Å². The van der Waals surface area contributed by atoms with Gasteiger partial charge in [0, 0.05) is 12.6 Å². The van der Waals surface area contributed by atoms with Gasteiger partial charge in [-0.25, -0.2) is 4.98 Å². The largest absolute Gasteiger partial charge is 0.369 e. The molecule has 1 aromatic heterocycles. The predicted molar refractivity (Wildman–Crippen MR) is 60.7 cm³/mol. The van der Waals surface area contributed by atoms with Crippen molar-refractivity contribution in [1.29, 1.82) is 0 Å². The maximum Gasteiger partial charge on any atom is 0.144 e. The molecule has 2 rings (SSSR count). The Balaban J connectivity index is 1.86. The third-order valence-corrected chi connectivity index (χ3v) is 3.04. The molecule has 1 aliphatic rings. The van der Waals surface area contributed by atoms with Crippen LogP contribution in [0.25, 0.3) is 0 Å². The van der Waals surface area contributed by atoms with Crippen LogP contribution >= 0.6 is 0 Å². The van der Waals surface area contributed by atoms with E-state index in [1.165, 1.54) is 0 Å². The van der Waals surface area contributed by atoms with Gasteiger partial charge >= 0.3 is 0 Å². The van der Waals surface area contributed by atoms with Crippen molar-refractivity contribution in [1.82, 2.24) is 9.97 Å². The number of aromatic nitrogens is 2. The first-order valence-corrected chi connectivity index (χ1v) is 5.45. The lowest BCUT2D eigenvalue weighted by Gasteiger charge is -2.32. The lowest BCUT2D eigenvalue weighted by atomic mass is 9.81. The maximum absolute atomic E-state index is 5.73. The molecule has 0 saturated heterocycles. The van der Waals surface area contributed by atoms with Crippen LogP contribution in [0.2, 0.25) is 0 Å². The van der Waals surface area contributed by atoms with Gasteiger partial charge in [-0.15, -0.1) is 0 Å². The number of nitrogens with two attached hydrogens (primary N) is 1. The minimum atomic E-state index is 0.419. The summed E-state index contributed by atoms with van der Waals surface area (Å²) in [6.45, 7) is 4.91. The SMILES string of the molecule is Cc1ncc(NCC2CC(N)C2)nc1C. The first-order valence-electron chi connectivity index (χ1n) is 5.45. The van der Waals surface area contributed by atoms with Crippen molar-refractivity contribution < 1.29 is 0 Å². The Morgan fingerprint density at radius 3 is 2.73 bits per heavy atom. The van der Waals surface area contributed by atoms with E-state index in [-0.39, 0.29) is 0 Å². The highest BCUT2D eigenvalue weighted by Gasteiger charge is 2.25. The van der Waals surface area contributed by atoms with Gasteiger partial charge in [0.05, 0.1) is 17.6 Å². The first-order chi connectivity index (χ1) is 7.15. The molecule has 0 bridgehead atoms. The van der Waals surface area contributed by atoms with E-state index >= 15 is 0 Å². The summed E-state index contributed by atoms with van der Waals surface area (Å²) in [7, 11) is 0. The topological polar surface area (TPSA) is 63.8 Å². The molecule has 0 atom stereocenters. The summed E-state index contributed by atoms with van der Waals surface area (Å²) in [5, 5.41) is 3.31. The molecule has 1 heterocycles. The third kappa shape index (κ3) is 2.45. The Morgan fingerprint density at radius 2 is 2.13 bits per heavy atom. The van der Waals surface area contributed by atoms with Crippen molar-refractivity contribution in [3.05, 3.63) is 17.6 Å². The highest BCUT2D eigenvalue weighted by molar-refractivity contribution is 5.33. The average Bonchev–Trinajstić information content (AvgIpc) is 2.16. The molecule has 0 radical (unpaired) electrons. The van der Waals surface area contributed by atoms with Gasteiger partial charge < -0.3 is 11.1 Å². The predicted octanol–water partition coefficient (Wildman–Crippen LogP) is 1.24. The molecule has 0 aliphatic heterocycles. The second-order valence-electron chi connectivity index (χ2n) is 4.40. The smallest absolute Gasteiger partial charge is 0.144 e. The molecule has 0 spiro atoms. The molecule has 0 unspecified atom stereocenters. The lowest BCUT2D eigenvalue weighted by Crippen LogP contribution is -2.39. The molecule has 4 heteroatoms. The number of nitrogens with one attached hydrogen (secondary N) is 1. The Kier molecular flexibility index (Phi) is 2.86. The molecule has 0 aromatic carbocycles. The van der Waals surface area contributed by atoms with Gasteiger partial charge in [0.15, 0.2) is 0 Å². The van der Waals surface area contributed by atoms with Crippen molar-refractivity contribution >= 4 is 5.82 Å². The lowest BCUT2D eigenvalue weighted by molar-refractivity contribution is 0.280. The van der Waals surface area contributed by atoms with Crippen molar-refractivity contribution in [2.75, 3.05) is 11.9 Å². The number of hydrogen-bond acceptors (Lipinski definition) is 4. The summed E-state index contributed by atoms with van der Waals surface area (Å²) in [6.07, 6.45) is 4.05. The normalized spacial score (nSPS) is 24.7. The number of nitrogens with zero attached hydrogens (tertiary/aromatic N) is 2. The quantitative estimate of drug-likeness (QED) is 0.781. The van der Waals surface area contributed by atoms with Gasteiger partial charge in [-0.1, -0.05) is 0 Å². The number of aryl methyl sites for hydroxylation is 2. The van der Waals surface area contributed by atoms with Gasteiger partial charge in [-0.2, -0.15) is 0 Å². The van der Waals surface area contributed by atoms with Crippen LogP contribution in [-0.2, 0) is 0 Å². The average molecular weight is 206 g/mol. The molecule has 1 aliphatic carbocycles. The second kappa shape index (κ2) is 4.14.